The lowest BCUT2D eigenvalue weighted by atomic mass is 9.96. The molecule has 0 radical (unpaired) electrons. The monoisotopic (exact) mass is 392 g/mol. The Morgan fingerprint density at radius 3 is 2.45 bits per heavy atom. The Kier molecular flexibility index (Phi) is 5.88. The predicted octanol–water partition coefficient (Wildman–Crippen LogP) is 3.06. The minimum atomic E-state index is -0.176. The number of nitrogens with zero attached hydrogens (tertiary/aromatic N) is 3. The van der Waals surface area contributed by atoms with Gasteiger partial charge in [-0.05, 0) is 51.0 Å². The van der Waals surface area contributed by atoms with Crippen LogP contribution in [-0.2, 0) is 11.2 Å². The maximum Gasteiger partial charge on any atom is 0.271 e. The number of rotatable bonds is 6. The van der Waals surface area contributed by atoms with E-state index in [4.69, 9.17) is 0 Å². The fourth-order valence-corrected chi connectivity index (χ4v) is 4.69. The number of benzene rings is 1. The topological polar surface area (TPSA) is 75.2 Å². The van der Waals surface area contributed by atoms with Crippen LogP contribution in [0, 0.1) is 6.92 Å². The van der Waals surface area contributed by atoms with Crippen molar-refractivity contribution in [3.8, 4) is 0 Å². The largest absolute Gasteiger partial charge is 0.348 e. The number of hydrogen-bond donors (Lipinski definition) is 1. The molecule has 2 aliphatic heterocycles. The van der Waals surface area contributed by atoms with Gasteiger partial charge in [0.15, 0.2) is 0 Å². The van der Waals surface area contributed by atoms with Gasteiger partial charge in [-0.25, -0.2) is 4.98 Å². The molecule has 6 nitrogen and oxygen atoms in total. The van der Waals surface area contributed by atoms with Crippen molar-refractivity contribution in [2.75, 3.05) is 0 Å². The average molecular weight is 393 g/mol. The highest BCUT2D eigenvalue weighted by Crippen LogP contribution is 2.36. The Bertz CT molecular complexity index is 839. The van der Waals surface area contributed by atoms with Gasteiger partial charge in [0.05, 0.1) is 11.9 Å². The summed E-state index contributed by atoms with van der Waals surface area (Å²) < 4.78 is 0. The van der Waals surface area contributed by atoms with E-state index in [1.807, 2.05) is 25.1 Å². The number of aryl methyl sites for hydroxylation is 2. The zero-order valence-corrected chi connectivity index (χ0v) is 16.9. The molecule has 2 fully saturated rings. The van der Waals surface area contributed by atoms with Gasteiger partial charge < -0.3 is 10.2 Å². The van der Waals surface area contributed by atoms with E-state index >= 15 is 0 Å². The van der Waals surface area contributed by atoms with Crippen molar-refractivity contribution in [3.05, 3.63) is 59.7 Å². The quantitative estimate of drug-likeness (QED) is 0.820. The van der Waals surface area contributed by atoms with Gasteiger partial charge >= 0.3 is 0 Å². The van der Waals surface area contributed by atoms with Crippen molar-refractivity contribution >= 4 is 11.8 Å². The second kappa shape index (κ2) is 8.72. The molecule has 2 unspecified atom stereocenters. The lowest BCUT2D eigenvalue weighted by molar-refractivity contribution is -0.135. The molecule has 2 saturated heterocycles. The molecule has 29 heavy (non-hydrogen) atoms. The van der Waals surface area contributed by atoms with Crippen LogP contribution in [0.3, 0.4) is 0 Å². The van der Waals surface area contributed by atoms with Crippen LogP contribution >= 0.6 is 0 Å². The normalized spacial score (nSPS) is 23.1. The lowest BCUT2D eigenvalue weighted by Crippen LogP contribution is -2.52. The van der Waals surface area contributed by atoms with Crippen molar-refractivity contribution in [1.82, 2.24) is 20.2 Å². The van der Waals surface area contributed by atoms with Crippen LogP contribution in [-0.4, -0.2) is 44.8 Å². The highest BCUT2D eigenvalue weighted by atomic mass is 16.2. The van der Waals surface area contributed by atoms with E-state index in [9.17, 15) is 9.59 Å². The van der Waals surface area contributed by atoms with E-state index in [-0.39, 0.29) is 29.9 Å². The number of piperidine rings is 1. The van der Waals surface area contributed by atoms with Gasteiger partial charge in [0.2, 0.25) is 5.91 Å². The summed E-state index contributed by atoms with van der Waals surface area (Å²) in [6.07, 6.45) is 9.25. The Balaban J connectivity index is 1.28. The number of amides is 2. The van der Waals surface area contributed by atoms with Crippen LogP contribution in [0.5, 0.6) is 0 Å². The van der Waals surface area contributed by atoms with Gasteiger partial charge in [-0.2, -0.15) is 0 Å². The molecular formula is C23H28N4O2. The molecule has 0 saturated carbocycles. The highest BCUT2D eigenvalue weighted by Gasteiger charge is 2.43. The number of nitrogens with one attached hydrogen (secondary N) is 1. The highest BCUT2D eigenvalue weighted by molar-refractivity contribution is 5.92. The van der Waals surface area contributed by atoms with Crippen LogP contribution in [0.15, 0.2) is 42.7 Å². The number of carbonyl (C=O) groups is 2. The molecule has 3 heterocycles. The second-order valence-corrected chi connectivity index (χ2v) is 8.21. The molecule has 1 aromatic heterocycles. The fourth-order valence-electron chi connectivity index (χ4n) is 4.69. The average Bonchev–Trinajstić information content (AvgIpc) is 3.00. The first-order chi connectivity index (χ1) is 14.1. The van der Waals surface area contributed by atoms with Crippen LogP contribution in [0.2, 0.25) is 0 Å². The van der Waals surface area contributed by atoms with Crippen molar-refractivity contribution in [2.45, 2.75) is 70.0 Å². The summed E-state index contributed by atoms with van der Waals surface area (Å²) in [5.74, 6) is 0.0900. The molecule has 152 valence electrons. The summed E-state index contributed by atoms with van der Waals surface area (Å²) in [6.45, 7) is 1.85. The molecule has 2 bridgehead atoms. The minimum Gasteiger partial charge on any atom is -0.348 e. The molecule has 2 atom stereocenters. The fraction of sp³-hybridized carbons (Fsp3) is 0.478. The minimum absolute atomic E-state index is 0.0940. The third-order valence-electron chi connectivity index (χ3n) is 6.07. The number of aromatic nitrogens is 2. The van der Waals surface area contributed by atoms with E-state index in [2.05, 4.69) is 32.3 Å². The van der Waals surface area contributed by atoms with Gasteiger partial charge in [0, 0.05) is 30.7 Å². The Hall–Kier alpha value is -2.76. The predicted molar refractivity (Wildman–Crippen MR) is 110 cm³/mol. The first-order valence-electron chi connectivity index (χ1n) is 10.5. The van der Waals surface area contributed by atoms with Crippen LogP contribution < -0.4 is 5.32 Å². The zero-order valence-electron chi connectivity index (χ0n) is 16.9. The Morgan fingerprint density at radius 1 is 1.07 bits per heavy atom. The SMILES string of the molecule is Cc1cnc(C(=O)NC2CC3CCC(C2)N3C(=O)CCCc2ccccc2)cn1. The van der Waals surface area contributed by atoms with Crippen molar-refractivity contribution in [3.63, 3.8) is 0 Å². The molecule has 0 aliphatic carbocycles. The summed E-state index contributed by atoms with van der Waals surface area (Å²) in [5.41, 5.74) is 2.42. The Labute approximate surface area is 171 Å². The molecule has 4 rings (SSSR count). The van der Waals surface area contributed by atoms with Gasteiger partial charge in [-0.1, -0.05) is 30.3 Å². The van der Waals surface area contributed by atoms with Gasteiger partial charge in [-0.3, -0.25) is 14.6 Å². The van der Waals surface area contributed by atoms with Gasteiger partial charge in [-0.15, -0.1) is 0 Å². The molecule has 6 heteroatoms. The first-order valence-corrected chi connectivity index (χ1v) is 10.5. The van der Waals surface area contributed by atoms with Gasteiger partial charge in [0.25, 0.3) is 5.91 Å². The first kappa shape index (κ1) is 19.6. The number of fused-ring (bicyclic) bond motifs is 2. The van der Waals surface area contributed by atoms with Crippen molar-refractivity contribution < 1.29 is 9.59 Å². The van der Waals surface area contributed by atoms with Crippen molar-refractivity contribution in [2.24, 2.45) is 0 Å². The zero-order chi connectivity index (χ0) is 20.2. The van der Waals surface area contributed by atoms with Crippen LogP contribution in [0.1, 0.15) is 60.3 Å². The molecule has 2 amide bonds. The smallest absolute Gasteiger partial charge is 0.271 e. The maximum atomic E-state index is 12.9. The summed E-state index contributed by atoms with van der Waals surface area (Å²) in [6, 6.07) is 10.9. The molecule has 2 aliphatic rings. The maximum absolute atomic E-state index is 12.9. The van der Waals surface area contributed by atoms with Gasteiger partial charge in [0.1, 0.15) is 5.69 Å². The van der Waals surface area contributed by atoms with E-state index < -0.39 is 0 Å². The summed E-state index contributed by atoms with van der Waals surface area (Å²) in [7, 11) is 0. The van der Waals surface area contributed by atoms with E-state index in [1.165, 1.54) is 11.8 Å². The molecule has 1 aromatic carbocycles. The van der Waals surface area contributed by atoms with E-state index in [1.54, 1.807) is 6.20 Å². The van der Waals surface area contributed by atoms with Crippen LogP contribution in [0.25, 0.3) is 0 Å². The van der Waals surface area contributed by atoms with Crippen LogP contribution in [0.4, 0.5) is 0 Å². The number of carbonyl (C=O) groups excluding carboxylic acids is 2. The molecule has 2 aromatic rings. The Morgan fingerprint density at radius 2 is 1.79 bits per heavy atom. The third kappa shape index (κ3) is 4.63. The molecular weight excluding hydrogens is 364 g/mol. The summed E-state index contributed by atoms with van der Waals surface area (Å²) >= 11 is 0. The lowest BCUT2D eigenvalue weighted by Gasteiger charge is -2.39. The van der Waals surface area contributed by atoms with Crippen molar-refractivity contribution in [1.29, 1.82) is 0 Å². The van der Waals surface area contributed by atoms with E-state index in [0.29, 0.717) is 12.1 Å². The summed E-state index contributed by atoms with van der Waals surface area (Å²) in [4.78, 5) is 35.7. The third-order valence-corrected chi connectivity index (χ3v) is 6.07. The standard InChI is InChI=1S/C23H28N4O2/c1-16-14-25-21(15-24-16)23(29)26-18-12-19-10-11-20(13-18)27(19)22(28)9-5-8-17-6-3-2-4-7-17/h2-4,6-7,14-15,18-20H,5,8-13H2,1H3,(H,26,29). The van der Waals surface area contributed by atoms with E-state index in [0.717, 1.165) is 44.2 Å². The molecule has 0 spiro atoms. The molecule has 1 N–H and O–H groups in total. The number of hydrogen-bond acceptors (Lipinski definition) is 4. The second-order valence-electron chi connectivity index (χ2n) is 8.21. The summed E-state index contributed by atoms with van der Waals surface area (Å²) in [5, 5.41) is 3.10.